The predicted octanol–water partition coefficient (Wildman–Crippen LogP) is 1.68. The number of anilines is 1. The van der Waals surface area contributed by atoms with E-state index in [4.69, 9.17) is 10.00 Å². The molecule has 2 heterocycles. The normalized spacial score (nSPS) is 20.1. The Hall–Kier alpha value is -1.60. The van der Waals surface area contributed by atoms with E-state index in [-0.39, 0.29) is 0 Å². The number of pyridine rings is 1. The molecule has 0 saturated carbocycles. The molecule has 17 heavy (non-hydrogen) atoms. The lowest BCUT2D eigenvalue weighted by Gasteiger charge is -2.34. The first-order chi connectivity index (χ1) is 8.20. The van der Waals surface area contributed by atoms with Crippen molar-refractivity contribution in [3.63, 3.8) is 0 Å². The summed E-state index contributed by atoms with van der Waals surface area (Å²) < 4.78 is 5.42. The molecule has 1 fully saturated rings. The van der Waals surface area contributed by atoms with Crippen LogP contribution < -0.4 is 4.90 Å². The molecule has 2 rings (SSSR count). The minimum absolute atomic E-state index is 0.341. The molecule has 1 aromatic rings. The van der Waals surface area contributed by atoms with E-state index in [1.807, 2.05) is 19.1 Å². The molecule has 0 bridgehead atoms. The van der Waals surface area contributed by atoms with Gasteiger partial charge >= 0.3 is 0 Å². The van der Waals surface area contributed by atoms with E-state index in [0.29, 0.717) is 12.5 Å². The number of hydrogen-bond acceptors (Lipinski definition) is 4. The smallest absolute Gasteiger partial charge is 0.129 e. The van der Waals surface area contributed by atoms with Crippen LogP contribution in [0.3, 0.4) is 0 Å². The zero-order valence-corrected chi connectivity index (χ0v) is 10.3. The number of aromatic nitrogens is 1. The fraction of sp³-hybridized carbons (Fsp3) is 0.538. The summed E-state index contributed by atoms with van der Waals surface area (Å²) in [5.41, 5.74) is 2.00. The third-order valence-corrected chi connectivity index (χ3v) is 2.94. The van der Waals surface area contributed by atoms with Gasteiger partial charge in [0.25, 0.3) is 0 Å². The van der Waals surface area contributed by atoms with Gasteiger partial charge in [-0.3, -0.25) is 0 Å². The van der Waals surface area contributed by atoms with E-state index in [9.17, 15) is 0 Å². The number of hydrogen-bond donors (Lipinski definition) is 0. The lowest BCUT2D eigenvalue weighted by Crippen LogP contribution is -2.44. The standard InChI is InChI=1S/C13H17N3O/c1-10-7-12(3-4-14)8-13(15-10)16-5-6-17-9-11(16)2/h7-8,11H,3,5-6,9H2,1-2H3. The molecule has 90 valence electrons. The van der Waals surface area contributed by atoms with Crippen molar-refractivity contribution in [3.8, 4) is 6.07 Å². The number of morpholine rings is 1. The molecule has 0 N–H and O–H groups in total. The van der Waals surface area contributed by atoms with Crippen molar-refractivity contribution in [2.75, 3.05) is 24.7 Å². The number of ether oxygens (including phenoxy) is 1. The van der Waals surface area contributed by atoms with Crippen molar-refractivity contribution in [2.45, 2.75) is 26.3 Å². The molecule has 1 unspecified atom stereocenters. The molecule has 4 nitrogen and oxygen atoms in total. The van der Waals surface area contributed by atoms with Crippen molar-refractivity contribution >= 4 is 5.82 Å². The van der Waals surface area contributed by atoms with Crippen molar-refractivity contribution in [1.82, 2.24) is 4.98 Å². The Morgan fingerprint density at radius 3 is 3.12 bits per heavy atom. The van der Waals surface area contributed by atoms with Crippen LogP contribution in [0.15, 0.2) is 12.1 Å². The van der Waals surface area contributed by atoms with E-state index in [1.54, 1.807) is 0 Å². The van der Waals surface area contributed by atoms with Crippen LogP contribution in [0, 0.1) is 18.3 Å². The van der Waals surface area contributed by atoms with Crippen LogP contribution in [-0.2, 0) is 11.2 Å². The van der Waals surface area contributed by atoms with Gasteiger partial charge in [0.2, 0.25) is 0 Å². The molecule has 4 heteroatoms. The molecular formula is C13H17N3O. The average molecular weight is 231 g/mol. The Labute approximate surface area is 102 Å². The highest BCUT2D eigenvalue weighted by Gasteiger charge is 2.20. The molecule has 0 aliphatic carbocycles. The SMILES string of the molecule is Cc1cc(CC#N)cc(N2CCOCC2C)n1. The zero-order valence-electron chi connectivity index (χ0n) is 10.3. The Kier molecular flexibility index (Phi) is 3.60. The second kappa shape index (κ2) is 5.15. The van der Waals surface area contributed by atoms with Crippen LogP contribution in [0.1, 0.15) is 18.2 Å². The molecule has 0 amide bonds. The van der Waals surface area contributed by atoms with Crippen molar-refractivity contribution in [2.24, 2.45) is 0 Å². The molecule has 0 spiro atoms. The monoisotopic (exact) mass is 231 g/mol. The summed E-state index contributed by atoms with van der Waals surface area (Å²) in [6.07, 6.45) is 0.440. The van der Waals surface area contributed by atoms with Gasteiger partial charge in [-0.25, -0.2) is 4.98 Å². The van der Waals surface area contributed by atoms with Crippen molar-refractivity contribution in [1.29, 1.82) is 5.26 Å². The molecule has 1 atom stereocenters. The summed E-state index contributed by atoms with van der Waals surface area (Å²) in [4.78, 5) is 6.80. The van der Waals surface area contributed by atoms with Crippen LogP contribution in [0.4, 0.5) is 5.82 Å². The van der Waals surface area contributed by atoms with Gasteiger partial charge in [0.1, 0.15) is 5.82 Å². The van der Waals surface area contributed by atoms with Gasteiger partial charge in [-0.05, 0) is 31.5 Å². The van der Waals surface area contributed by atoms with Crippen LogP contribution in [0.2, 0.25) is 0 Å². The van der Waals surface area contributed by atoms with E-state index in [1.165, 1.54) is 0 Å². The summed E-state index contributed by atoms with van der Waals surface area (Å²) in [6.45, 7) is 6.45. The van der Waals surface area contributed by atoms with E-state index in [2.05, 4.69) is 22.9 Å². The Balaban J connectivity index is 2.27. The van der Waals surface area contributed by atoms with Gasteiger partial charge < -0.3 is 9.64 Å². The van der Waals surface area contributed by atoms with Crippen molar-refractivity contribution < 1.29 is 4.74 Å². The third kappa shape index (κ3) is 2.75. The lowest BCUT2D eigenvalue weighted by atomic mass is 10.1. The maximum Gasteiger partial charge on any atom is 0.129 e. The molecule has 1 aliphatic heterocycles. The van der Waals surface area contributed by atoms with E-state index < -0.39 is 0 Å². The predicted molar refractivity (Wildman–Crippen MR) is 65.9 cm³/mol. The molecule has 0 radical (unpaired) electrons. The number of rotatable bonds is 2. The maximum atomic E-state index is 8.76. The minimum atomic E-state index is 0.341. The van der Waals surface area contributed by atoms with Crippen LogP contribution in [0.25, 0.3) is 0 Å². The molecule has 1 aliphatic rings. The summed E-state index contributed by atoms with van der Waals surface area (Å²) in [7, 11) is 0. The van der Waals surface area contributed by atoms with Gasteiger partial charge in [-0.1, -0.05) is 0 Å². The topological polar surface area (TPSA) is 49.2 Å². The van der Waals surface area contributed by atoms with Gasteiger partial charge in [-0.2, -0.15) is 5.26 Å². The summed E-state index contributed by atoms with van der Waals surface area (Å²) >= 11 is 0. The summed E-state index contributed by atoms with van der Waals surface area (Å²) in [6, 6.07) is 6.50. The van der Waals surface area contributed by atoms with Crippen LogP contribution in [-0.4, -0.2) is 30.8 Å². The summed E-state index contributed by atoms with van der Waals surface area (Å²) in [5, 5.41) is 8.76. The zero-order chi connectivity index (χ0) is 12.3. The first-order valence-corrected chi connectivity index (χ1v) is 5.89. The minimum Gasteiger partial charge on any atom is -0.377 e. The Bertz CT molecular complexity index is 439. The molecule has 0 aromatic carbocycles. The lowest BCUT2D eigenvalue weighted by molar-refractivity contribution is 0.0985. The number of nitriles is 1. The third-order valence-electron chi connectivity index (χ3n) is 2.94. The maximum absolute atomic E-state index is 8.76. The second-order valence-electron chi connectivity index (χ2n) is 4.43. The fourth-order valence-corrected chi connectivity index (χ4v) is 2.13. The highest BCUT2D eigenvalue weighted by Crippen LogP contribution is 2.19. The highest BCUT2D eigenvalue weighted by molar-refractivity contribution is 5.44. The Morgan fingerprint density at radius 1 is 1.59 bits per heavy atom. The van der Waals surface area contributed by atoms with Gasteiger partial charge in [0, 0.05) is 12.2 Å². The number of nitrogens with zero attached hydrogens (tertiary/aromatic N) is 3. The second-order valence-corrected chi connectivity index (χ2v) is 4.43. The molecule has 1 saturated heterocycles. The largest absolute Gasteiger partial charge is 0.377 e. The van der Waals surface area contributed by atoms with Crippen molar-refractivity contribution in [3.05, 3.63) is 23.4 Å². The first kappa shape index (κ1) is 11.9. The van der Waals surface area contributed by atoms with Crippen LogP contribution in [0.5, 0.6) is 0 Å². The summed E-state index contributed by atoms with van der Waals surface area (Å²) in [5.74, 6) is 0.964. The highest BCUT2D eigenvalue weighted by atomic mass is 16.5. The van der Waals surface area contributed by atoms with Gasteiger partial charge in [-0.15, -0.1) is 0 Å². The van der Waals surface area contributed by atoms with Gasteiger partial charge in [0.15, 0.2) is 0 Å². The Morgan fingerprint density at radius 2 is 2.41 bits per heavy atom. The first-order valence-electron chi connectivity index (χ1n) is 5.89. The quantitative estimate of drug-likeness (QED) is 0.777. The molecule has 1 aromatic heterocycles. The van der Waals surface area contributed by atoms with Crippen LogP contribution >= 0.6 is 0 Å². The number of aryl methyl sites for hydroxylation is 1. The molecular weight excluding hydrogens is 214 g/mol. The fourth-order valence-electron chi connectivity index (χ4n) is 2.13. The average Bonchev–Trinajstić information content (AvgIpc) is 2.29. The van der Waals surface area contributed by atoms with E-state index >= 15 is 0 Å². The van der Waals surface area contributed by atoms with E-state index in [0.717, 1.165) is 36.8 Å². The van der Waals surface area contributed by atoms with Gasteiger partial charge in [0.05, 0.1) is 31.7 Å².